The quantitative estimate of drug-likeness (QED) is 0.615. The van der Waals surface area contributed by atoms with Crippen molar-refractivity contribution in [2.24, 2.45) is 0 Å². The summed E-state index contributed by atoms with van der Waals surface area (Å²) in [5, 5.41) is 13.3. The Kier molecular flexibility index (Phi) is 4.51. The molecule has 1 amide bonds. The number of amides is 1. The van der Waals surface area contributed by atoms with Crippen LogP contribution in [0.15, 0.2) is 51.4 Å². The standard InChI is InChI=1S/C13H8Br2N2O3/c14-9-4-8(5-10(15)6-9)13(18)16-11-2-1-3-12(7-11)17(19)20/h1-7H,(H,16,18). The monoisotopic (exact) mass is 398 g/mol. The van der Waals surface area contributed by atoms with Crippen molar-refractivity contribution >= 4 is 49.1 Å². The number of halogens is 2. The Morgan fingerprint density at radius 2 is 1.75 bits per heavy atom. The van der Waals surface area contributed by atoms with E-state index in [0.717, 1.165) is 8.95 Å². The third-order valence-corrected chi connectivity index (χ3v) is 3.36. The second-order valence-electron chi connectivity index (χ2n) is 3.92. The van der Waals surface area contributed by atoms with Gasteiger partial charge < -0.3 is 5.32 Å². The van der Waals surface area contributed by atoms with E-state index in [4.69, 9.17) is 0 Å². The minimum atomic E-state index is -0.509. The Hall–Kier alpha value is -1.73. The molecule has 0 saturated heterocycles. The van der Waals surface area contributed by atoms with Crippen molar-refractivity contribution in [1.82, 2.24) is 0 Å². The van der Waals surface area contributed by atoms with Gasteiger partial charge in [-0.1, -0.05) is 37.9 Å². The van der Waals surface area contributed by atoms with Crippen molar-refractivity contribution in [3.8, 4) is 0 Å². The summed E-state index contributed by atoms with van der Waals surface area (Å²) in [6.07, 6.45) is 0. The first kappa shape index (κ1) is 14.7. The molecule has 0 fully saturated rings. The number of nitrogens with one attached hydrogen (secondary N) is 1. The van der Waals surface area contributed by atoms with E-state index in [-0.39, 0.29) is 11.6 Å². The Morgan fingerprint density at radius 3 is 2.35 bits per heavy atom. The van der Waals surface area contributed by atoms with Gasteiger partial charge in [-0.3, -0.25) is 14.9 Å². The summed E-state index contributed by atoms with van der Waals surface area (Å²) >= 11 is 6.60. The van der Waals surface area contributed by atoms with E-state index in [1.165, 1.54) is 18.2 Å². The van der Waals surface area contributed by atoms with E-state index >= 15 is 0 Å². The summed E-state index contributed by atoms with van der Waals surface area (Å²) in [6, 6.07) is 10.9. The van der Waals surface area contributed by atoms with Crippen LogP contribution in [-0.2, 0) is 0 Å². The Labute approximate surface area is 131 Å². The lowest BCUT2D eigenvalue weighted by Crippen LogP contribution is -2.12. The highest BCUT2D eigenvalue weighted by Crippen LogP contribution is 2.22. The highest BCUT2D eigenvalue weighted by molar-refractivity contribution is 9.11. The molecule has 1 N–H and O–H groups in total. The molecule has 0 spiro atoms. The van der Waals surface area contributed by atoms with Crippen molar-refractivity contribution in [2.75, 3.05) is 5.32 Å². The molecule has 102 valence electrons. The second kappa shape index (κ2) is 6.15. The summed E-state index contributed by atoms with van der Waals surface area (Å²) in [7, 11) is 0. The van der Waals surface area contributed by atoms with Crippen LogP contribution in [0.5, 0.6) is 0 Å². The summed E-state index contributed by atoms with van der Waals surface area (Å²) in [4.78, 5) is 22.2. The van der Waals surface area contributed by atoms with Gasteiger partial charge in [-0.2, -0.15) is 0 Å². The first-order valence-electron chi connectivity index (χ1n) is 5.47. The van der Waals surface area contributed by atoms with Crippen LogP contribution in [0.25, 0.3) is 0 Å². The lowest BCUT2D eigenvalue weighted by atomic mass is 10.2. The molecule has 2 aromatic rings. The molecule has 0 radical (unpaired) electrons. The molecule has 2 aromatic carbocycles. The molecule has 0 aliphatic carbocycles. The van der Waals surface area contributed by atoms with E-state index in [1.54, 1.807) is 18.2 Å². The van der Waals surface area contributed by atoms with Crippen LogP contribution >= 0.6 is 31.9 Å². The lowest BCUT2D eigenvalue weighted by Gasteiger charge is -2.06. The molecular weight excluding hydrogens is 392 g/mol. The largest absolute Gasteiger partial charge is 0.322 e. The van der Waals surface area contributed by atoms with Crippen molar-refractivity contribution in [2.45, 2.75) is 0 Å². The summed E-state index contributed by atoms with van der Waals surface area (Å²) < 4.78 is 1.52. The first-order chi connectivity index (χ1) is 9.45. The Morgan fingerprint density at radius 1 is 1.10 bits per heavy atom. The Balaban J connectivity index is 2.23. The topological polar surface area (TPSA) is 72.2 Å². The average molecular weight is 400 g/mol. The maximum Gasteiger partial charge on any atom is 0.271 e. The van der Waals surface area contributed by atoms with Gasteiger partial charge in [-0.25, -0.2) is 0 Å². The molecule has 5 nitrogen and oxygen atoms in total. The zero-order valence-corrected chi connectivity index (χ0v) is 13.1. The SMILES string of the molecule is O=C(Nc1cccc([N+](=O)[O-])c1)c1cc(Br)cc(Br)c1. The third-order valence-electron chi connectivity index (χ3n) is 2.44. The molecule has 0 heterocycles. The predicted octanol–water partition coefficient (Wildman–Crippen LogP) is 4.37. The highest BCUT2D eigenvalue weighted by atomic mass is 79.9. The summed E-state index contributed by atoms with van der Waals surface area (Å²) in [5.41, 5.74) is 0.747. The van der Waals surface area contributed by atoms with Gasteiger partial charge in [0.2, 0.25) is 0 Å². The fourth-order valence-electron chi connectivity index (χ4n) is 1.59. The molecule has 0 aliphatic heterocycles. The number of nitro groups is 1. The average Bonchev–Trinajstić information content (AvgIpc) is 2.37. The molecule has 0 bridgehead atoms. The van der Waals surface area contributed by atoms with Gasteiger partial charge in [0.25, 0.3) is 11.6 Å². The third kappa shape index (κ3) is 3.64. The molecule has 7 heteroatoms. The molecule has 0 saturated carbocycles. The maximum atomic E-state index is 12.1. The van der Waals surface area contributed by atoms with Gasteiger partial charge >= 0.3 is 0 Å². The molecule has 0 atom stereocenters. The van der Waals surface area contributed by atoms with Crippen molar-refractivity contribution in [1.29, 1.82) is 0 Å². The number of non-ortho nitro benzene ring substituents is 1. The molecule has 0 aromatic heterocycles. The van der Waals surface area contributed by atoms with E-state index in [1.807, 2.05) is 6.07 Å². The van der Waals surface area contributed by atoms with E-state index < -0.39 is 4.92 Å². The van der Waals surface area contributed by atoms with Crippen LogP contribution < -0.4 is 5.32 Å². The van der Waals surface area contributed by atoms with Crippen molar-refractivity contribution in [3.05, 3.63) is 67.1 Å². The summed E-state index contributed by atoms with van der Waals surface area (Å²) in [5.74, 6) is -0.340. The molecule has 20 heavy (non-hydrogen) atoms. The van der Waals surface area contributed by atoms with Gasteiger partial charge in [0.1, 0.15) is 0 Å². The first-order valence-corrected chi connectivity index (χ1v) is 7.06. The van der Waals surface area contributed by atoms with E-state index in [9.17, 15) is 14.9 Å². The van der Waals surface area contributed by atoms with Crippen LogP contribution in [-0.4, -0.2) is 10.8 Å². The number of hydrogen-bond acceptors (Lipinski definition) is 3. The molecule has 0 unspecified atom stereocenters. The minimum Gasteiger partial charge on any atom is -0.322 e. The summed E-state index contributed by atoms with van der Waals surface area (Å²) in [6.45, 7) is 0. The smallest absolute Gasteiger partial charge is 0.271 e. The van der Waals surface area contributed by atoms with Gasteiger partial charge in [-0.05, 0) is 24.3 Å². The van der Waals surface area contributed by atoms with Crippen LogP contribution in [0, 0.1) is 10.1 Å². The lowest BCUT2D eigenvalue weighted by molar-refractivity contribution is -0.384. The normalized spacial score (nSPS) is 10.1. The van der Waals surface area contributed by atoms with Crippen molar-refractivity contribution < 1.29 is 9.72 Å². The van der Waals surface area contributed by atoms with Crippen LogP contribution in [0.3, 0.4) is 0 Å². The van der Waals surface area contributed by atoms with Gasteiger partial charge in [0.15, 0.2) is 0 Å². The number of hydrogen-bond donors (Lipinski definition) is 1. The highest BCUT2D eigenvalue weighted by Gasteiger charge is 2.10. The number of benzene rings is 2. The van der Waals surface area contributed by atoms with E-state index in [2.05, 4.69) is 37.2 Å². The molecular formula is C13H8Br2N2O3. The fourth-order valence-corrected chi connectivity index (χ4v) is 2.88. The molecule has 0 aliphatic rings. The number of carbonyl (C=O) groups excluding carboxylic acids is 1. The number of nitrogens with zero attached hydrogens (tertiary/aromatic N) is 1. The number of rotatable bonds is 3. The van der Waals surface area contributed by atoms with Crippen LogP contribution in [0.1, 0.15) is 10.4 Å². The van der Waals surface area contributed by atoms with Gasteiger partial charge in [0, 0.05) is 32.3 Å². The second-order valence-corrected chi connectivity index (χ2v) is 5.75. The van der Waals surface area contributed by atoms with Crippen molar-refractivity contribution in [3.63, 3.8) is 0 Å². The number of nitro benzene ring substituents is 1. The zero-order valence-electron chi connectivity index (χ0n) is 9.97. The van der Waals surface area contributed by atoms with Crippen LogP contribution in [0.2, 0.25) is 0 Å². The Bertz CT molecular complexity index is 669. The zero-order chi connectivity index (χ0) is 14.7. The fraction of sp³-hybridized carbons (Fsp3) is 0. The molecule has 2 rings (SSSR count). The van der Waals surface area contributed by atoms with E-state index in [0.29, 0.717) is 11.3 Å². The van der Waals surface area contributed by atoms with Gasteiger partial charge in [0.05, 0.1) is 4.92 Å². The van der Waals surface area contributed by atoms with Gasteiger partial charge in [-0.15, -0.1) is 0 Å². The maximum absolute atomic E-state index is 12.1. The number of anilines is 1. The van der Waals surface area contributed by atoms with Crippen LogP contribution in [0.4, 0.5) is 11.4 Å². The minimum absolute atomic E-state index is 0.0711. The number of carbonyl (C=O) groups is 1. The predicted molar refractivity (Wildman–Crippen MR) is 82.9 cm³/mol.